The van der Waals surface area contributed by atoms with Gasteiger partial charge in [0.25, 0.3) is 0 Å². The van der Waals surface area contributed by atoms with E-state index in [9.17, 15) is 0 Å². The van der Waals surface area contributed by atoms with Crippen molar-refractivity contribution in [2.75, 3.05) is 6.54 Å². The summed E-state index contributed by atoms with van der Waals surface area (Å²) in [5.74, 6) is 0.600. The molecule has 0 bridgehead atoms. The summed E-state index contributed by atoms with van der Waals surface area (Å²) in [6, 6.07) is 11.5. The van der Waals surface area contributed by atoms with E-state index in [1.807, 2.05) is 11.3 Å². The van der Waals surface area contributed by atoms with E-state index < -0.39 is 0 Å². The molecule has 2 rings (SSSR count). The van der Waals surface area contributed by atoms with Crippen LogP contribution in [0.1, 0.15) is 37.3 Å². The average molecular weight is 352 g/mol. The summed E-state index contributed by atoms with van der Waals surface area (Å²) < 4.78 is 1.18. The number of rotatable bonds is 5. The molecule has 108 valence electrons. The Bertz CT molecular complexity index is 574. The fraction of sp³-hybridized carbons (Fsp3) is 0.412. The molecule has 1 aromatic carbocycles. The molecule has 0 amide bonds. The van der Waals surface area contributed by atoms with Gasteiger partial charge in [-0.25, -0.2) is 0 Å². The van der Waals surface area contributed by atoms with E-state index in [0.717, 1.165) is 6.54 Å². The molecule has 0 radical (unpaired) electrons. The molecule has 0 spiro atoms. The van der Waals surface area contributed by atoms with Gasteiger partial charge in [-0.15, -0.1) is 11.3 Å². The third kappa shape index (κ3) is 3.51. The number of thiophene rings is 1. The molecule has 1 atom stereocenters. The Labute approximate surface area is 134 Å². The van der Waals surface area contributed by atoms with Crippen molar-refractivity contribution in [1.29, 1.82) is 0 Å². The van der Waals surface area contributed by atoms with Gasteiger partial charge in [0.2, 0.25) is 0 Å². The Hall–Kier alpha value is -0.640. The standard InChI is InChI=1S/C17H22BrNS/c1-5-19-17(11(2)3)16-9-8-15(20-16)13-7-6-12(4)10-14(13)18/h6-11,17,19H,5H2,1-4H3. The van der Waals surface area contributed by atoms with Crippen LogP contribution in [0.4, 0.5) is 0 Å². The van der Waals surface area contributed by atoms with Crippen LogP contribution in [0.15, 0.2) is 34.8 Å². The Morgan fingerprint density at radius 2 is 1.95 bits per heavy atom. The first-order valence-electron chi connectivity index (χ1n) is 7.12. The molecule has 1 heterocycles. The predicted octanol–water partition coefficient (Wildman–Crippen LogP) is 5.79. The third-order valence-corrected chi connectivity index (χ3v) is 5.27. The third-order valence-electron chi connectivity index (χ3n) is 3.41. The second kappa shape index (κ2) is 6.88. The van der Waals surface area contributed by atoms with Gasteiger partial charge in [-0.2, -0.15) is 0 Å². The minimum atomic E-state index is 0.447. The fourth-order valence-corrected chi connectivity index (χ4v) is 4.50. The lowest BCUT2D eigenvalue weighted by atomic mass is 10.0. The summed E-state index contributed by atoms with van der Waals surface area (Å²) in [4.78, 5) is 2.75. The first-order valence-corrected chi connectivity index (χ1v) is 8.73. The lowest BCUT2D eigenvalue weighted by Gasteiger charge is -2.20. The molecule has 3 heteroatoms. The smallest absolute Gasteiger partial charge is 0.0438 e. The molecule has 0 fully saturated rings. The van der Waals surface area contributed by atoms with Crippen LogP contribution in [0.5, 0.6) is 0 Å². The summed E-state index contributed by atoms with van der Waals surface area (Å²) in [6.07, 6.45) is 0. The predicted molar refractivity (Wildman–Crippen MR) is 93.4 cm³/mol. The van der Waals surface area contributed by atoms with Crippen LogP contribution >= 0.6 is 27.3 Å². The lowest BCUT2D eigenvalue weighted by molar-refractivity contribution is 0.428. The number of nitrogens with one attached hydrogen (secondary N) is 1. The quantitative estimate of drug-likeness (QED) is 0.718. The highest BCUT2D eigenvalue weighted by molar-refractivity contribution is 9.10. The van der Waals surface area contributed by atoms with Crippen molar-refractivity contribution in [3.8, 4) is 10.4 Å². The van der Waals surface area contributed by atoms with Crippen LogP contribution in [-0.4, -0.2) is 6.54 Å². The van der Waals surface area contributed by atoms with Gasteiger partial charge in [0.05, 0.1) is 0 Å². The second-order valence-electron chi connectivity index (χ2n) is 5.46. The van der Waals surface area contributed by atoms with Gasteiger partial charge in [-0.1, -0.05) is 48.8 Å². The molecule has 2 aromatic rings. The zero-order valence-electron chi connectivity index (χ0n) is 12.5. The van der Waals surface area contributed by atoms with Crippen LogP contribution < -0.4 is 5.32 Å². The minimum absolute atomic E-state index is 0.447. The molecule has 1 N–H and O–H groups in total. The maximum atomic E-state index is 3.68. The molecule has 0 aliphatic rings. The van der Waals surface area contributed by atoms with E-state index in [2.05, 4.69) is 79.3 Å². The number of aryl methyl sites for hydroxylation is 1. The highest BCUT2D eigenvalue weighted by Crippen LogP contribution is 2.37. The van der Waals surface area contributed by atoms with E-state index in [-0.39, 0.29) is 0 Å². The number of hydrogen-bond donors (Lipinski definition) is 1. The summed E-state index contributed by atoms with van der Waals surface area (Å²) in [5, 5.41) is 3.59. The van der Waals surface area contributed by atoms with Crippen molar-refractivity contribution in [3.63, 3.8) is 0 Å². The normalized spacial score (nSPS) is 12.9. The van der Waals surface area contributed by atoms with Crippen LogP contribution in [0.2, 0.25) is 0 Å². The molecule has 1 nitrogen and oxygen atoms in total. The van der Waals surface area contributed by atoms with Crippen molar-refractivity contribution in [1.82, 2.24) is 5.32 Å². The van der Waals surface area contributed by atoms with E-state index >= 15 is 0 Å². The van der Waals surface area contributed by atoms with Gasteiger partial charge in [0.15, 0.2) is 0 Å². The SMILES string of the molecule is CCNC(c1ccc(-c2ccc(C)cc2Br)s1)C(C)C. The maximum Gasteiger partial charge on any atom is 0.0438 e. The van der Waals surface area contributed by atoms with Crippen molar-refractivity contribution in [2.24, 2.45) is 5.92 Å². The van der Waals surface area contributed by atoms with Crippen LogP contribution in [0.25, 0.3) is 10.4 Å². The summed E-state index contributed by atoms with van der Waals surface area (Å²) >= 11 is 5.57. The monoisotopic (exact) mass is 351 g/mol. The Morgan fingerprint density at radius 1 is 1.20 bits per heavy atom. The Morgan fingerprint density at radius 3 is 2.55 bits per heavy atom. The second-order valence-corrected chi connectivity index (χ2v) is 7.43. The molecular formula is C17H22BrNS. The van der Waals surface area contributed by atoms with Gasteiger partial charge in [-0.3, -0.25) is 0 Å². The van der Waals surface area contributed by atoms with E-state index in [4.69, 9.17) is 0 Å². The summed E-state index contributed by atoms with van der Waals surface area (Å²) in [6.45, 7) is 9.84. The first-order chi connectivity index (χ1) is 9.52. The van der Waals surface area contributed by atoms with Gasteiger partial charge < -0.3 is 5.32 Å². The van der Waals surface area contributed by atoms with Gasteiger partial charge in [0, 0.05) is 25.8 Å². The molecular weight excluding hydrogens is 330 g/mol. The number of benzene rings is 1. The average Bonchev–Trinajstić information content (AvgIpc) is 2.84. The van der Waals surface area contributed by atoms with Crippen molar-refractivity contribution in [3.05, 3.63) is 45.2 Å². The van der Waals surface area contributed by atoms with Crippen LogP contribution in [0.3, 0.4) is 0 Å². The van der Waals surface area contributed by atoms with Crippen molar-refractivity contribution in [2.45, 2.75) is 33.7 Å². The minimum Gasteiger partial charge on any atom is -0.309 e. The first kappa shape index (κ1) is 15.7. The zero-order chi connectivity index (χ0) is 14.7. The van der Waals surface area contributed by atoms with E-state index in [0.29, 0.717) is 12.0 Å². The highest BCUT2D eigenvalue weighted by atomic mass is 79.9. The fourth-order valence-electron chi connectivity index (χ4n) is 2.37. The summed E-state index contributed by atoms with van der Waals surface area (Å²) in [7, 11) is 0. The zero-order valence-corrected chi connectivity index (χ0v) is 14.9. The lowest BCUT2D eigenvalue weighted by Crippen LogP contribution is -2.24. The van der Waals surface area contributed by atoms with Crippen LogP contribution in [0, 0.1) is 12.8 Å². The molecule has 1 aromatic heterocycles. The van der Waals surface area contributed by atoms with Crippen LogP contribution in [-0.2, 0) is 0 Å². The Balaban J connectivity index is 2.32. The maximum absolute atomic E-state index is 3.68. The van der Waals surface area contributed by atoms with Gasteiger partial charge in [-0.05, 0) is 43.1 Å². The molecule has 0 saturated carbocycles. The Kier molecular flexibility index (Phi) is 5.42. The highest BCUT2D eigenvalue weighted by Gasteiger charge is 2.17. The number of halogens is 1. The molecule has 20 heavy (non-hydrogen) atoms. The van der Waals surface area contributed by atoms with E-state index in [1.165, 1.54) is 25.4 Å². The molecule has 1 unspecified atom stereocenters. The number of hydrogen-bond acceptors (Lipinski definition) is 2. The topological polar surface area (TPSA) is 12.0 Å². The summed E-state index contributed by atoms with van der Waals surface area (Å²) in [5.41, 5.74) is 2.57. The van der Waals surface area contributed by atoms with Gasteiger partial charge in [0.1, 0.15) is 0 Å². The molecule has 0 saturated heterocycles. The molecule has 0 aliphatic carbocycles. The largest absolute Gasteiger partial charge is 0.309 e. The van der Waals surface area contributed by atoms with E-state index in [1.54, 1.807) is 0 Å². The molecule has 0 aliphatic heterocycles. The van der Waals surface area contributed by atoms with Crippen molar-refractivity contribution >= 4 is 27.3 Å². The van der Waals surface area contributed by atoms with Crippen molar-refractivity contribution < 1.29 is 0 Å². The van der Waals surface area contributed by atoms with Gasteiger partial charge >= 0.3 is 0 Å².